The van der Waals surface area contributed by atoms with Crippen molar-refractivity contribution in [3.63, 3.8) is 0 Å². The Morgan fingerprint density at radius 1 is 1.25 bits per heavy atom. The Balaban J connectivity index is 2.39. The first-order valence-electron chi connectivity index (χ1n) is 5.65. The quantitative estimate of drug-likeness (QED) is 0.417. The Morgan fingerprint density at radius 3 is 2.12 bits per heavy atom. The lowest BCUT2D eigenvalue weighted by Crippen LogP contribution is -2.51. The second-order valence-electron chi connectivity index (χ2n) is 5.08. The van der Waals surface area contributed by atoms with Gasteiger partial charge in [0.25, 0.3) is 0 Å². The van der Waals surface area contributed by atoms with E-state index in [-0.39, 0.29) is 6.09 Å². The molecule has 0 aromatic carbocycles. The highest BCUT2D eigenvalue weighted by molar-refractivity contribution is 14.1. The Labute approximate surface area is 111 Å². The summed E-state index contributed by atoms with van der Waals surface area (Å²) in [5, 5.41) is 0. The van der Waals surface area contributed by atoms with Gasteiger partial charge in [-0.1, -0.05) is 22.6 Å². The van der Waals surface area contributed by atoms with Crippen molar-refractivity contribution in [2.45, 2.75) is 37.3 Å². The lowest BCUT2D eigenvalue weighted by molar-refractivity contribution is 0.0144. The zero-order valence-electron chi connectivity index (χ0n) is 10.5. The molecule has 0 radical (unpaired) electrons. The topological polar surface area (TPSA) is 32.8 Å². The highest BCUT2D eigenvalue weighted by Crippen LogP contribution is 2.14. The van der Waals surface area contributed by atoms with Gasteiger partial charge >= 0.3 is 6.09 Å². The van der Waals surface area contributed by atoms with Gasteiger partial charge in [-0.3, -0.25) is 4.90 Å². The van der Waals surface area contributed by atoms with Gasteiger partial charge < -0.3 is 9.64 Å². The number of piperazine rings is 1. The molecule has 0 bridgehead atoms. The van der Waals surface area contributed by atoms with E-state index < -0.39 is 5.60 Å². The van der Waals surface area contributed by atoms with Crippen molar-refractivity contribution in [3.8, 4) is 0 Å². The standard InChI is InChI=1S/C11H21IN2O2/c1-9(12)13-5-7-14(8-6-13)10(15)16-11(2,3)4/h9H,5-8H2,1-4H3. The Hall–Kier alpha value is -0.0400. The van der Waals surface area contributed by atoms with Crippen LogP contribution in [-0.2, 0) is 4.74 Å². The van der Waals surface area contributed by atoms with Gasteiger partial charge in [0.05, 0.1) is 4.05 Å². The Kier molecular flexibility index (Phi) is 4.85. The molecule has 0 N–H and O–H groups in total. The Bertz CT molecular complexity index is 243. The molecule has 1 saturated heterocycles. The molecule has 1 unspecified atom stereocenters. The van der Waals surface area contributed by atoms with E-state index >= 15 is 0 Å². The van der Waals surface area contributed by atoms with Crippen LogP contribution in [0.25, 0.3) is 0 Å². The van der Waals surface area contributed by atoms with E-state index in [1.807, 2.05) is 20.8 Å². The normalized spacial score (nSPS) is 20.7. The largest absolute Gasteiger partial charge is 0.444 e. The third kappa shape index (κ3) is 4.45. The van der Waals surface area contributed by atoms with Gasteiger partial charge in [0.1, 0.15) is 5.60 Å². The molecular weight excluding hydrogens is 319 g/mol. The number of amides is 1. The number of nitrogens with zero attached hydrogens (tertiary/aromatic N) is 2. The van der Waals surface area contributed by atoms with Gasteiger partial charge in [0, 0.05) is 26.2 Å². The fourth-order valence-electron chi connectivity index (χ4n) is 1.59. The maximum Gasteiger partial charge on any atom is 0.410 e. The zero-order chi connectivity index (χ0) is 12.3. The maximum atomic E-state index is 11.8. The van der Waals surface area contributed by atoms with Crippen molar-refractivity contribution in [2.75, 3.05) is 26.2 Å². The summed E-state index contributed by atoms with van der Waals surface area (Å²) in [6.07, 6.45) is -0.187. The summed E-state index contributed by atoms with van der Waals surface area (Å²) in [5.74, 6) is 0. The molecule has 0 aromatic rings. The van der Waals surface area contributed by atoms with Crippen LogP contribution in [0.5, 0.6) is 0 Å². The van der Waals surface area contributed by atoms with Crippen molar-refractivity contribution >= 4 is 28.7 Å². The molecule has 1 aliphatic heterocycles. The molecule has 0 saturated carbocycles. The molecule has 5 heteroatoms. The van der Waals surface area contributed by atoms with E-state index in [0.717, 1.165) is 26.2 Å². The molecule has 94 valence electrons. The second kappa shape index (κ2) is 5.53. The predicted molar refractivity (Wildman–Crippen MR) is 72.9 cm³/mol. The van der Waals surface area contributed by atoms with Crippen molar-refractivity contribution in [1.82, 2.24) is 9.80 Å². The third-order valence-electron chi connectivity index (χ3n) is 2.47. The summed E-state index contributed by atoms with van der Waals surface area (Å²) in [4.78, 5) is 15.9. The summed E-state index contributed by atoms with van der Waals surface area (Å²) in [7, 11) is 0. The van der Waals surface area contributed by atoms with Crippen molar-refractivity contribution in [1.29, 1.82) is 0 Å². The second-order valence-corrected chi connectivity index (χ2v) is 6.88. The van der Waals surface area contributed by atoms with Crippen LogP contribution in [0.1, 0.15) is 27.7 Å². The van der Waals surface area contributed by atoms with Crippen LogP contribution in [0.2, 0.25) is 0 Å². The molecule has 1 heterocycles. The average Bonchev–Trinajstić information content (AvgIpc) is 2.15. The molecule has 1 amide bonds. The number of carbonyl (C=O) groups is 1. The Morgan fingerprint density at radius 2 is 1.75 bits per heavy atom. The number of rotatable bonds is 1. The summed E-state index contributed by atoms with van der Waals surface area (Å²) in [6, 6.07) is 0. The number of halogens is 1. The minimum Gasteiger partial charge on any atom is -0.444 e. The number of ether oxygens (including phenoxy) is 1. The molecular formula is C11H21IN2O2. The molecule has 0 aliphatic carbocycles. The van der Waals surface area contributed by atoms with Crippen LogP contribution in [0, 0.1) is 0 Å². The van der Waals surface area contributed by atoms with Crippen LogP contribution in [0.15, 0.2) is 0 Å². The summed E-state index contributed by atoms with van der Waals surface area (Å²) in [5.41, 5.74) is -0.398. The molecule has 0 aromatic heterocycles. The zero-order valence-corrected chi connectivity index (χ0v) is 12.7. The molecule has 0 spiro atoms. The molecule has 1 atom stereocenters. The first-order valence-corrected chi connectivity index (χ1v) is 6.90. The van der Waals surface area contributed by atoms with Crippen LogP contribution in [-0.4, -0.2) is 51.7 Å². The van der Waals surface area contributed by atoms with E-state index in [4.69, 9.17) is 4.74 Å². The van der Waals surface area contributed by atoms with Gasteiger partial charge in [0.2, 0.25) is 0 Å². The fraction of sp³-hybridized carbons (Fsp3) is 0.909. The summed E-state index contributed by atoms with van der Waals surface area (Å²) < 4.78 is 5.87. The van der Waals surface area contributed by atoms with Crippen LogP contribution in [0.3, 0.4) is 0 Å². The minimum absolute atomic E-state index is 0.187. The first kappa shape index (κ1) is 14.0. The van der Waals surface area contributed by atoms with Gasteiger partial charge in [0.15, 0.2) is 0 Å². The number of hydrogen-bond donors (Lipinski definition) is 0. The van der Waals surface area contributed by atoms with Crippen LogP contribution in [0.4, 0.5) is 4.79 Å². The third-order valence-corrected chi connectivity index (χ3v) is 3.26. The van der Waals surface area contributed by atoms with Crippen molar-refractivity contribution in [2.24, 2.45) is 0 Å². The minimum atomic E-state index is -0.398. The van der Waals surface area contributed by atoms with Gasteiger partial charge in [-0.2, -0.15) is 0 Å². The number of hydrogen-bond acceptors (Lipinski definition) is 3. The monoisotopic (exact) mass is 340 g/mol. The molecule has 16 heavy (non-hydrogen) atoms. The highest BCUT2D eigenvalue weighted by Gasteiger charge is 2.26. The highest BCUT2D eigenvalue weighted by atomic mass is 127. The van der Waals surface area contributed by atoms with E-state index in [9.17, 15) is 4.79 Å². The molecule has 1 rings (SSSR count). The van der Waals surface area contributed by atoms with Gasteiger partial charge in [-0.25, -0.2) is 4.79 Å². The fourth-order valence-corrected chi connectivity index (χ4v) is 2.14. The van der Waals surface area contributed by atoms with E-state index in [1.54, 1.807) is 4.90 Å². The predicted octanol–water partition coefficient (Wildman–Crippen LogP) is 2.32. The number of alkyl halides is 1. The SMILES string of the molecule is CC(I)N1CCN(C(=O)OC(C)(C)C)CC1. The summed E-state index contributed by atoms with van der Waals surface area (Å²) in [6.45, 7) is 11.3. The molecule has 1 fully saturated rings. The van der Waals surface area contributed by atoms with Gasteiger partial charge in [-0.05, 0) is 27.7 Å². The van der Waals surface area contributed by atoms with Gasteiger partial charge in [-0.15, -0.1) is 0 Å². The van der Waals surface area contributed by atoms with Crippen molar-refractivity contribution in [3.05, 3.63) is 0 Å². The maximum absolute atomic E-state index is 11.8. The van der Waals surface area contributed by atoms with Crippen LogP contribution >= 0.6 is 22.6 Å². The first-order chi connectivity index (χ1) is 7.29. The van der Waals surface area contributed by atoms with E-state index in [1.165, 1.54) is 0 Å². The van der Waals surface area contributed by atoms with Crippen LogP contribution < -0.4 is 0 Å². The van der Waals surface area contributed by atoms with Crippen molar-refractivity contribution < 1.29 is 9.53 Å². The smallest absolute Gasteiger partial charge is 0.410 e. The average molecular weight is 340 g/mol. The van der Waals surface area contributed by atoms with E-state index in [2.05, 4.69) is 34.4 Å². The molecule has 4 nitrogen and oxygen atoms in total. The lowest BCUT2D eigenvalue weighted by Gasteiger charge is -2.36. The molecule has 1 aliphatic rings. The van der Waals surface area contributed by atoms with E-state index in [0.29, 0.717) is 4.05 Å². The number of carbonyl (C=O) groups excluding carboxylic acids is 1. The lowest BCUT2D eigenvalue weighted by atomic mass is 10.2. The summed E-state index contributed by atoms with van der Waals surface area (Å²) >= 11 is 2.40.